The predicted octanol–water partition coefficient (Wildman–Crippen LogP) is 4.77. The predicted molar refractivity (Wildman–Crippen MR) is 127 cm³/mol. The van der Waals surface area contributed by atoms with Crippen LogP contribution in [0.2, 0.25) is 0 Å². The van der Waals surface area contributed by atoms with E-state index in [1.165, 1.54) is 0 Å². The normalized spacial score (nSPS) is 18.5. The van der Waals surface area contributed by atoms with Crippen molar-refractivity contribution in [3.05, 3.63) is 29.2 Å². The van der Waals surface area contributed by atoms with E-state index in [-0.39, 0.29) is 17.8 Å². The summed E-state index contributed by atoms with van der Waals surface area (Å²) >= 11 is 0. The van der Waals surface area contributed by atoms with Gasteiger partial charge < -0.3 is 14.6 Å². The average molecular weight is 473 g/mol. The van der Waals surface area contributed by atoms with E-state index in [1.807, 2.05) is 26.0 Å². The van der Waals surface area contributed by atoms with Crippen LogP contribution in [0, 0.1) is 25.7 Å². The minimum absolute atomic E-state index is 0.157. The summed E-state index contributed by atoms with van der Waals surface area (Å²) in [5, 5.41) is 16.7. The van der Waals surface area contributed by atoms with Gasteiger partial charge in [-0.05, 0) is 69.1 Å². The minimum Gasteiger partial charge on any atom is -0.385 e. The lowest BCUT2D eigenvalue weighted by atomic mass is 9.70. The summed E-state index contributed by atoms with van der Waals surface area (Å²) in [6.45, 7) is 3.78. The number of aromatic nitrogens is 3. The van der Waals surface area contributed by atoms with Gasteiger partial charge in [0.1, 0.15) is 5.76 Å². The summed E-state index contributed by atoms with van der Waals surface area (Å²) in [6, 6.07) is 3.98. The molecule has 3 aromatic rings. The summed E-state index contributed by atoms with van der Waals surface area (Å²) in [5.74, 6) is 1.18. The molecule has 2 aromatic heterocycles. The Morgan fingerprint density at radius 2 is 1.70 bits per heavy atom. The van der Waals surface area contributed by atoms with Crippen LogP contribution in [0.15, 0.2) is 16.7 Å². The molecule has 0 aliphatic heterocycles. The molecule has 0 spiro atoms. The van der Waals surface area contributed by atoms with E-state index in [2.05, 4.69) is 19.8 Å². The fraction of sp³-hybridized carbons (Fsp3) is 0.583. The maximum Gasteiger partial charge on any atom is 0.232 e. The second-order valence-electron chi connectivity index (χ2n) is 9.87. The van der Waals surface area contributed by atoms with Crippen LogP contribution in [0.5, 0.6) is 0 Å². The topological polar surface area (TPSA) is 121 Å². The summed E-state index contributed by atoms with van der Waals surface area (Å²) in [6.07, 6.45) is 9.53. The van der Waals surface area contributed by atoms with E-state index in [4.69, 9.17) is 4.52 Å². The van der Waals surface area contributed by atoms with Crippen LogP contribution in [0.1, 0.15) is 68.4 Å². The van der Waals surface area contributed by atoms with Crippen molar-refractivity contribution >= 4 is 27.0 Å². The van der Waals surface area contributed by atoms with Gasteiger partial charge in [0.25, 0.3) is 0 Å². The van der Waals surface area contributed by atoms with Crippen molar-refractivity contribution in [2.75, 3.05) is 11.0 Å². The van der Waals surface area contributed by atoms with Crippen LogP contribution in [0.4, 0.5) is 5.95 Å². The molecule has 0 unspecified atom stereocenters. The molecule has 3 N–H and O–H groups in total. The third-order valence-corrected chi connectivity index (χ3v) is 8.14. The van der Waals surface area contributed by atoms with Gasteiger partial charge in [0.2, 0.25) is 16.0 Å². The molecule has 0 amide bonds. The standard InChI is InChI=1S/C24H32N4O4S/c1-14-21(15(2)32-27-14)16-12-19(22-20(13-16)25-23(26-22)28-33(3,30)31)24(29,17-8-4-5-9-17)18-10-6-7-11-18/h12-13,17-18,29H,4-11H2,1-3H3,(H2,25,26,28). The molecule has 2 aliphatic carbocycles. The Kier molecular flexibility index (Phi) is 5.52. The smallest absolute Gasteiger partial charge is 0.232 e. The number of H-pyrrole nitrogens is 1. The van der Waals surface area contributed by atoms with E-state index in [0.717, 1.165) is 80.0 Å². The molecule has 0 bridgehead atoms. The number of imidazole rings is 1. The highest BCUT2D eigenvalue weighted by atomic mass is 32.2. The van der Waals surface area contributed by atoms with Crippen LogP contribution in [-0.4, -0.2) is 34.9 Å². The fourth-order valence-corrected chi connectivity index (χ4v) is 6.64. The Labute approximate surface area is 194 Å². The second kappa shape index (κ2) is 8.13. The molecule has 0 radical (unpaired) electrons. The van der Waals surface area contributed by atoms with Crippen molar-refractivity contribution in [3.63, 3.8) is 0 Å². The molecular formula is C24H32N4O4S. The van der Waals surface area contributed by atoms with Crippen LogP contribution >= 0.6 is 0 Å². The molecule has 8 nitrogen and oxygen atoms in total. The Bertz CT molecular complexity index is 1250. The molecule has 2 fully saturated rings. The summed E-state index contributed by atoms with van der Waals surface area (Å²) < 4.78 is 31.6. The quantitative estimate of drug-likeness (QED) is 0.475. The molecule has 2 saturated carbocycles. The fourth-order valence-electron chi connectivity index (χ4n) is 6.19. The van der Waals surface area contributed by atoms with Gasteiger partial charge >= 0.3 is 0 Å². The first kappa shape index (κ1) is 22.4. The lowest BCUT2D eigenvalue weighted by Crippen LogP contribution is -2.41. The van der Waals surface area contributed by atoms with E-state index < -0.39 is 15.6 Å². The van der Waals surface area contributed by atoms with E-state index in [1.54, 1.807) is 0 Å². The van der Waals surface area contributed by atoms with Crippen molar-refractivity contribution in [2.24, 2.45) is 11.8 Å². The number of fused-ring (bicyclic) bond motifs is 1. The molecule has 9 heteroatoms. The maximum atomic E-state index is 12.6. The van der Waals surface area contributed by atoms with Gasteiger partial charge in [-0.3, -0.25) is 4.72 Å². The maximum absolute atomic E-state index is 12.6. The van der Waals surface area contributed by atoms with Crippen LogP contribution < -0.4 is 4.72 Å². The molecule has 2 aliphatic rings. The zero-order valence-electron chi connectivity index (χ0n) is 19.4. The van der Waals surface area contributed by atoms with Crippen molar-refractivity contribution in [1.82, 2.24) is 15.1 Å². The summed E-state index contributed by atoms with van der Waals surface area (Å²) in [7, 11) is -3.50. The van der Waals surface area contributed by atoms with Gasteiger partial charge in [-0.15, -0.1) is 0 Å². The molecule has 1 aromatic carbocycles. The van der Waals surface area contributed by atoms with Crippen LogP contribution in [-0.2, 0) is 15.6 Å². The number of benzene rings is 1. The number of rotatable bonds is 6. The van der Waals surface area contributed by atoms with Crippen LogP contribution in [0.3, 0.4) is 0 Å². The van der Waals surface area contributed by atoms with Crippen molar-refractivity contribution in [3.8, 4) is 11.1 Å². The Hall–Kier alpha value is -2.39. The number of sulfonamides is 1. The Morgan fingerprint density at radius 1 is 1.09 bits per heavy atom. The summed E-state index contributed by atoms with van der Waals surface area (Å²) in [4.78, 5) is 7.75. The second-order valence-corrected chi connectivity index (χ2v) is 11.6. The monoisotopic (exact) mass is 472 g/mol. The van der Waals surface area contributed by atoms with Gasteiger partial charge in [0, 0.05) is 11.1 Å². The van der Waals surface area contributed by atoms with Crippen molar-refractivity contribution in [1.29, 1.82) is 0 Å². The first-order chi connectivity index (χ1) is 15.7. The Morgan fingerprint density at radius 3 is 2.21 bits per heavy atom. The van der Waals surface area contributed by atoms with Gasteiger partial charge in [-0.25, -0.2) is 13.4 Å². The zero-order chi connectivity index (χ0) is 23.4. The molecular weight excluding hydrogens is 440 g/mol. The van der Waals surface area contributed by atoms with Crippen LogP contribution in [0.25, 0.3) is 22.2 Å². The minimum atomic E-state index is -3.50. The van der Waals surface area contributed by atoms with Gasteiger partial charge in [0.05, 0.1) is 28.6 Å². The first-order valence-corrected chi connectivity index (χ1v) is 13.7. The first-order valence-electron chi connectivity index (χ1n) is 11.8. The number of nitrogens with zero attached hydrogens (tertiary/aromatic N) is 2. The molecule has 2 heterocycles. The van der Waals surface area contributed by atoms with E-state index in [9.17, 15) is 13.5 Å². The molecule has 0 saturated heterocycles. The highest BCUT2D eigenvalue weighted by Crippen LogP contribution is 2.52. The molecule has 0 atom stereocenters. The third-order valence-electron chi connectivity index (χ3n) is 7.58. The number of nitrogens with one attached hydrogen (secondary N) is 2. The van der Waals surface area contributed by atoms with Crippen molar-refractivity contribution in [2.45, 2.75) is 70.8 Å². The number of aliphatic hydroxyl groups is 1. The SMILES string of the molecule is Cc1noc(C)c1-c1cc(C(O)(C2CCCC2)C2CCCC2)c2nc(NS(C)(=O)=O)[nH]c2c1. The van der Waals surface area contributed by atoms with E-state index in [0.29, 0.717) is 16.8 Å². The average Bonchev–Trinajstić information content (AvgIpc) is 3.53. The number of hydrogen-bond donors (Lipinski definition) is 3. The Balaban J connectivity index is 1.77. The summed E-state index contributed by atoms with van der Waals surface area (Å²) in [5.41, 5.74) is 3.63. The lowest BCUT2D eigenvalue weighted by molar-refractivity contribution is -0.0722. The van der Waals surface area contributed by atoms with Gasteiger partial charge in [-0.2, -0.15) is 0 Å². The number of hydrogen-bond acceptors (Lipinski definition) is 6. The van der Waals surface area contributed by atoms with Gasteiger partial charge in [-0.1, -0.05) is 30.8 Å². The highest BCUT2D eigenvalue weighted by Gasteiger charge is 2.48. The lowest BCUT2D eigenvalue weighted by Gasteiger charge is -2.40. The number of anilines is 1. The molecule has 33 heavy (non-hydrogen) atoms. The highest BCUT2D eigenvalue weighted by molar-refractivity contribution is 7.92. The number of aryl methyl sites for hydroxylation is 2. The zero-order valence-corrected chi connectivity index (χ0v) is 20.3. The molecule has 178 valence electrons. The number of aromatic amines is 1. The van der Waals surface area contributed by atoms with Gasteiger partial charge in [0.15, 0.2) is 0 Å². The van der Waals surface area contributed by atoms with Crippen molar-refractivity contribution < 1.29 is 18.0 Å². The van der Waals surface area contributed by atoms with E-state index >= 15 is 0 Å². The largest absolute Gasteiger partial charge is 0.385 e. The third kappa shape index (κ3) is 3.95. The molecule has 5 rings (SSSR count).